The summed E-state index contributed by atoms with van der Waals surface area (Å²) in [6, 6.07) is 7.04. The molecule has 7 bridgehead atoms. The third-order valence-electron chi connectivity index (χ3n) is 9.30. The number of ether oxygens (including phenoxy) is 1. The number of hydrogen-bond acceptors (Lipinski definition) is 10. The van der Waals surface area contributed by atoms with Crippen LogP contribution in [0.5, 0.6) is 5.75 Å². The van der Waals surface area contributed by atoms with E-state index in [1.165, 1.54) is 5.56 Å². The van der Waals surface area contributed by atoms with Crippen LogP contribution in [-0.2, 0) is 12.0 Å². The predicted octanol–water partition coefficient (Wildman–Crippen LogP) is 2.60. The molecule has 0 amide bonds. The molecule has 5 atom stereocenters. The largest absolute Gasteiger partial charge is 0.496 e. The van der Waals surface area contributed by atoms with Gasteiger partial charge in [0, 0.05) is 42.5 Å². The van der Waals surface area contributed by atoms with Crippen LogP contribution in [0.15, 0.2) is 24.4 Å². The van der Waals surface area contributed by atoms with Gasteiger partial charge in [-0.05, 0) is 57.2 Å². The summed E-state index contributed by atoms with van der Waals surface area (Å²) in [6.07, 6.45) is 6.83. The second kappa shape index (κ2) is 8.74. The molecule has 4 aliphatic heterocycles. The van der Waals surface area contributed by atoms with Crippen LogP contribution in [0.3, 0.4) is 0 Å². The van der Waals surface area contributed by atoms with Crippen molar-refractivity contribution in [3.05, 3.63) is 35.7 Å². The molecule has 10 heteroatoms. The van der Waals surface area contributed by atoms with Crippen LogP contribution in [-0.4, -0.2) is 75.4 Å². The topological polar surface area (TPSA) is 116 Å². The van der Waals surface area contributed by atoms with E-state index in [0.29, 0.717) is 23.8 Å². The number of hydrogen-bond donors (Lipinski definition) is 3. The number of pyridine rings is 1. The molecular weight excluding hydrogens is 480 g/mol. The van der Waals surface area contributed by atoms with Crippen LogP contribution in [0.4, 0.5) is 11.6 Å². The standard InChI is InChI=1S/C28H36N8O2/c1-4-22-27-32-24-20(13-30-26(29)25(24)31-22)16-5-8-21(23(11-16)38-3)28-10-9-18(34(28)2)14-35(15-28)36(27)33-17-6-7-19(37)12-17/h5,8,11,13,17-19,33,37H,4,6-7,9-10,12,14-15H2,1-3H3,(H2,29,30)/t17-,18?,19+,28?/m1/s1. The van der Waals surface area contributed by atoms with E-state index in [1.54, 1.807) is 13.3 Å². The lowest BCUT2D eigenvalue weighted by atomic mass is 9.85. The van der Waals surface area contributed by atoms with E-state index in [0.717, 1.165) is 79.1 Å². The lowest BCUT2D eigenvalue weighted by molar-refractivity contribution is 0.000339. The van der Waals surface area contributed by atoms with Crippen molar-refractivity contribution in [2.45, 2.75) is 69.2 Å². The number of benzene rings is 1. The predicted molar refractivity (Wildman–Crippen MR) is 146 cm³/mol. The highest BCUT2D eigenvalue weighted by molar-refractivity contribution is 5.97. The number of piperazine rings is 1. The Morgan fingerprint density at radius 1 is 1.21 bits per heavy atom. The number of methoxy groups -OCH3 is 1. The maximum absolute atomic E-state index is 10.3. The smallest absolute Gasteiger partial charge is 0.181 e. The summed E-state index contributed by atoms with van der Waals surface area (Å²) < 4.78 is 6.04. The van der Waals surface area contributed by atoms with E-state index in [4.69, 9.17) is 20.4 Å². The molecule has 200 valence electrons. The molecule has 1 aromatic carbocycles. The van der Waals surface area contributed by atoms with Crippen LogP contribution >= 0.6 is 0 Å². The van der Waals surface area contributed by atoms with E-state index in [-0.39, 0.29) is 17.7 Å². The summed E-state index contributed by atoms with van der Waals surface area (Å²) in [4.78, 5) is 17.4. The maximum Gasteiger partial charge on any atom is 0.181 e. The van der Waals surface area contributed by atoms with Crippen molar-refractivity contribution in [1.82, 2.24) is 30.3 Å². The quantitative estimate of drug-likeness (QED) is 0.478. The SMILES string of the molecule is CCc1nc2c(N)ncc3c2nc1N(N[C@@H]1CC[C@H](O)C1)N1CC2CCC(C1)(c1ccc-3cc1OC)N2C. The van der Waals surface area contributed by atoms with E-state index in [1.807, 2.05) is 0 Å². The summed E-state index contributed by atoms with van der Waals surface area (Å²) in [5.41, 5.74) is 15.2. The monoisotopic (exact) mass is 516 g/mol. The summed E-state index contributed by atoms with van der Waals surface area (Å²) in [7, 11) is 4.01. The highest BCUT2D eigenvalue weighted by Gasteiger charge is 2.53. The van der Waals surface area contributed by atoms with Gasteiger partial charge in [-0.3, -0.25) is 4.90 Å². The zero-order valence-corrected chi connectivity index (χ0v) is 22.3. The fraction of sp³-hybridized carbons (Fsp3) is 0.536. The van der Waals surface area contributed by atoms with Gasteiger partial charge in [0.05, 0.1) is 24.4 Å². The average molecular weight is 517 g/mol. The van der Waals surface area contributed by atoms with Gasteiger partial charge < -0.3 is 15.6 Å². The number of nitrogens with zero attached hydrogens (tertiary/aromatic N) is 6. The first kappa shape index (κ1) is 24.0. The van der Waals surface area contributed by atoms with Gasteiger partial charge in [0.15, 0.2) is 11.6 Å². The molecule has 3 unspecified atom stereocenters. The molecule has 6 heterocycles. The molecule has 8 rings (SSSR count). The first-order valence-corrected chi connectivity index (χ1v) is 13.8. The molecule has 4 N–H and O–H groups in total. The lowest BCUT2D eigenvalue weighted by Gasteiger charge is -2.51. The first-order chi connectivity index (χ1) is 18.4. The van der Waals surface area contributed by atoms with Gasteiger partial charge in [0.2, 0.25) is 0 Å². The minimum atomic E-state index is -0.275. The average Bonchev–Trinajstić information content (AvgIpc) is 3.40. The van der Waals surface area contributed by atoms with Gasteiger partial charge in [0.25, 0.3) is 0 Å². The van der Waals surface area contributed by atoms with Crippen LogP contribution in [0.25, 0.3) is 22.2 Å². The second-order valence-electron chi connectivity index (χ2n) is 11.3. The molecule has 3 aromatic rings. The van der Waals surface area contributed by atoms with Crippen LogP contribution in [0, 0.1) is 0 Å². The molecule has 2 saturated heterocycles. The fourth-order valence-corrected chi connectivity index (χ4v) is 7.17. The number of anilines is 2. The summed E-state index contributed by atoms with van der Waals surface area (Å²) in [6.45, 7) is 3.76. The number of hydrazine groups is 2. The minimum absolute atomic E-state index is 0.156. The van der Waals surface area contributed by atoms with Crippen molar-refractivity contribution >= 4 is 22.7 Å². The number of likely N-dealkylation sites (N-methyl/N-ethyl adjacent to an activating group) is 1. The van der Waals surface area contributed by atoms with Gasteiger partial charge in [-0.15, -0.1) is 0 Å². The van der Waals surface area contributed by atoms with Gasteiger partial charge in [-0.25, -0.2) is 30.5 Å². The lowest BCUT2D eigenvalue weighted by Crippen LogP contribution is -2.66. The van der Waals surface area contributed by atoms with E-state index in [2.05, 4.69) is 57.6 Å². The van der Waals surface area contributed by atoms with Crippen LogP contribution in [0.1, 0.15) is 50.3 Å². The highest BCUT2D eigenvalue weighted by Crippen LogP contribution is 2.50. The Morgan fingerprint density at radius 3 is 2.84 bits per heavy atom. The number of aliphatic hydroxyl groups excluding tert-OH is 1. The van der Waals surface area contributed by atoms with Gasteiger partial charge in [-0.1, -0.05) is 19.1 Å². The number of nitrogen functional groups attached to an aromatic ring is 1. The number of aliphatic hydroxyl groups is 1. The molecule has 0 radical (unpaired) electrons. The number of rotatable bonds is 4. The number of nitrogens with one attached hydrogen (secondary N) is 1. The van der Waals surface area contributed by atoms with Crippen molar-refractivity contribution in [1.29, 1.82) is 0 Å². The van der Waals surface area contributed by atoms with Crippen molar-refractivity contribution in [3.63, 3.8) is 0 Å². The van der Waals surface area contributed by atoms with Gasteiger partial charge in [0.1, 0.15) is 16.8 Å². The van der Waals surface area contributed by atoms with E-state index < -0.39 is 0 Å². The summed E-state index contributed by atoms with van der Waals surface area (Å²) >= 11 is 0. The van der Waals surface area contributed by atoms with Gasteiger partial charge >= 0.3 is 0 Å². The summed E-state index contributed by atoms with van der Waals surface area (Å²) in [5.74, 6) is 2.05. The number of aromatic nitrogens is 3. The Bertz CT molecular complexity index is 1420. The van der Waals surface area contributed by atoms with Crippen LogP contribution < -0.4 is 21.0 Å². The third-order valence-corrected chi connectivity index (χ3v) is 9.30. The molecule has 3 fully saturated rings. The van der Waals surface area contributed by atoms with Crippen molar-refractivity contribution in [2.75, 3.05) is 38.1 Å². The number of aryl methyl sites for hydroxylation is 1. The number of fused-ring (bicyclic) bond motifs is 3. The summed E-state index contributed by atoms with van der Waals surface area (Å²) in [5, 5.41) is 14.9. The molecular formula is C28H36N8O2. The molecule has 1 spiro atoms. The molecule has 2 aromatic heterocycles. The Hall–Kier alpha value is -3.05. The van der Waals surface area contributed by atoms with Crippen molar-refractivity contribution in [2.24, 2.45) is 0 Å². The molecule has 38 heavy (non-hydrogen) atoms. The van der Waals surface area contributed by atoms with Gasteiger partial charge in [-0.2, -0.15) is 0 Å². The zero-order chi connectivity index (χ0) is 26.2. The third kappa shape index (κ3) is 3.44. The Morgan fingerprint density at radius 2 is 2.08 bits per heavy atom. The Balaban J connectivity index is 1.51. The molecule has 10 nitrogen and oxygen atoms in total. The molecule has 1 saturated carbocycles. The van der Waals surface area contributed by atoms with Crippen molar-refractivity contribution in [3.8, 4) is 16.9 Å². The number of nitrogens with two attached hydrogens (primary N) is 1. The molecule has 1 aliphatic carbocycles. The fourth-order valence-electron chi connectivity index (χ4n) is 7.17. The van der Waals surface area contributed by atoms with E-state index >= 15 is 0 Å². The van der Waals surface area contributed by atoms with Crippen molar-refractivity contribution < 1.29 is 9.84 Å². The highest BCUT2D eigenvalue weighted by atomic mass is 16.5. The Labute approximate surface area is 222 Å². The minimum Gasteiger partial charge on any atom is -0.496 e. The second-order valence-corrected chi connectivity index (χ2v) is 11.3. The molecule has 5 aliphatic rings. The zero-order valence-electron chi connectivity index (χ0n) is 22.3. The van der Waals surface area contributed by atoms with E-state index in [9.17, 15) is 5.11 Å². The Kier molecular flexibility index (Phi) is 5.52. The normalized spacial score (nSPS) is 30.2. The maximum atomic E-state index is 10.3. The van der Waals surface area contributed by atoms with Crippen LogP contribution in [0.2, 0.25) is 0 Å². The first-order valence-electron chi connectivity index (χ1n) is 13.8.